The number of aromatic nitrogens is 1. The van der Waals surface area contributed by atoms with Crippen molar-refractivity contribution in [3.63, 3.8) is 0 Å². The molecule has 1 aromatic rings. The Morgan fingerprint density at radius 2 is 2.27 bits per heavy atom. The molecule has 5 nitrogen and oxygen atoms in total. The van der Waals surface area contributed by atoms with Crippen LogP contribution in [0.25, 0.3) is 0 Å². The van der Waals surface area contributed by atoms with Gasteiger partial charge in [0.05, 0.1) is 7.11 Å². The maximum atomic E-state index is 11.5. The average Bonchev–Trinajstić information content (AvgIpc) is 2.76. The van der Waals surface area contributed by atoms with Crippen molar-refractivity contribution in [2.24, 2.45) is 0 Å². The Bertz CT molecular complexity index is 422. The summed E-state index contributed by atoms with van der Waals surface area (Å²) in [5.41, 5.74) is -0.405. The Morgan fingerprint density at radius 3 is 2.73 bits per heavy atom. The van der Waals surface area contributed by atoms with E-state index in [0.717, 1.165) is 0 Å². The third kappa shape index (κ3) is 1.24. The van der Waals surface area contributed by atoms with Gasteiger partial charge in [-0.2, -0.15) is 0 Å². The van der Waals surface area contributed by atoms with Crippen molar-refractivity contribution >= 4 is 5.91 Å². The number of nitrogens with one attached hydrogen (secondary N) is 2. The number of amides is 1. The fraction of sp³-hybridized carbons (Fsp3) is 0.300. The number of rotatable bonds is 2. The van der Waals surface area contributed by atoms with Gasteiger partial charge in [0.25, 0.3) is 5.91 Å². The van der Waals surface area contributed by atoms with E-state index in [1.54, 1.807) is 25.4 Å². The van der Waals surface area contributed by atoms with Crippen molar-refractivity contribution in [3.05, 3.63) is 35.4 Å². The molecule has 5 heteroatoms. The van der Waals surface area contributed by atoms with Crippen molar-refractivity contribution in [2.75, 3.05) is 7.11 Å². The fourth-order valence-corrected chi connectivity index (χ4v) is 1.73. The van der Waals surface area contributed by atoms with E-state index in [2.05, 4.69) is 10.3 Å². The van der Waals surface area contributed by atoms with E-state index in [4.69, 9.17) is 4.74 Å². The number of ether oxygens (including phenoxy) is 1. The Kier molecular flexibility index (Phi) is 2.04. The molecule has 3 N–H and O–H groups in total. The lowest BCUT2D eigenvalue weighted by Crippen LogP contribution is -2.40. The molecule has 1 aliphatic heterocycles. The van der Waals surface area contributed by atoms with Gasteiger partial charge in [-0.05, 0) is 13.0 Å². The summed E-state index contributed by atoms with van der Waals surface area (Å²) in [4.78, 5) is 14.3. The summed E-state index contributed by atoms with van der Waals surface area (Å²) in [6, 6.07) is 1.70. The highest BCUT2D eigenvalue weighted by Gasteiger charge is 2.43. The van der Waals surface area contributed by atoms with Gasteiger partial charge in [-0.25, -0.2) is 0 Å². The molecule has 0 spiro atoms. The first kappa shape index (κ1) is 9.79. The molecular formula is C10H12N2O3. The summed E-state index contributed by atoms with van der Waals surface area (Å²) >= 11 is 0. The van der Waals surface area contributed by atoms with E-state index < -0.39 is 11.6 Å². The van der Waals surface area contributed by atoms with Crippen LogP contribution in [0.15, 0.2) is 29.8 Å². The number of hydrogen-bond donors (Lipinski definition) is 3. The fourth-order valence-electron chi connectivity index (χ4n) is 1.73. The molecule has 0 fully saturated rings. The molecule has 0 bridgehead atoms. The van der Waals surface area contributed by atoms with Crippen molar-refractivity contribution < 1.29 is 14.6 Å². The summed E-state index contributed by atoms with van der Waals surface area (Å²) in [7, 11) is 1.40. The largest absolute Gasteiger partial charge is 0.491 e. The van der Waals surface area contributed by atoms with Crippen LogP contribution in [0.3, 0.4) is 0 Å². The lowest BCUT2D eigenvalue weighted by molar-refractivity contribution is -0.123. The Labute approximate surface area is 86.8 Å². The number of carbonyl (C=O) groups is 1. The highest BCUT2D eigenvalue weighted by Crippen LogP contribution is 2.33. The summed E-state index contributed by atoms with van der Waals surface area (Å²) in [6.45, 7) is 1.66. The number of carbonyl (C=O) groups excluding carboxylic acids is 1. The molecule has 1 amide bonds. The first-order valence-corrected chi connectivity index (χ1v) is 4.53. The van der Waals surface area contributed by atoms with Crippen molar-refractivity contribution in [3.8, 4) is 0 Å². The quantitative estimate of drug-likeness (QED) is 0.650. The monoisotopic (exact) mass is 208 g/mol. The third-order valence-electron chi connectivity index (χ3n) is 2.60. The Morgan fingerprint density at radius 1 is 1.53 bits per heavy atom. The van der Waals surface area contributed by atoms with Gasteiger partial charge in [-0.1, -0.05) is 0 Å². The maximum Gasteiger partial charge on any atom is 0.289 e. The second-order valence-corrected chi connectivity index (χ2v) is 3.42. The summed E-state index contributed by atoms with van der Waals surface area (Å²) in [6.07, 6.45) is 3.31. The molecule has 0 saturated heterocycles. The van der Waals surface area contributed by atoms with Crippen LogP contribution in [-0.2, 0) is 15.3 Å². The number of methoxy groups -OCH3 is 1. The maximum absolute atomic E-state index is 11.5. The summed E-state index contributed by atoms with van der Waals surface area (Å²) in [5.74, 6) is -0.239. The molecule has 0 aromatic carbocycles. The van der Waals surface area contributed by atoms with Gasteiger partial charge < -0.3 is 20.1 Å². The highest BCUT2D eigenvalue weighted by molar-refractivity contribution is 5.96. The molecule has 15 heavy (non-hydrogen) atoms. The van der Waals surface area contributed by atoms with Gasteiger partial charge in [0.15, 0.2) is 11.5 Å². The zero-order valence-electron chi connectivity index (χ0n) is 8.50. The second-order valence-electron chi connectivity index (χ2n) is 3.42. The minimum Gasteiger partial charge on any atom is -0.491 e. The lowest BCUT2D eigenvalue weighted by Gasteiger charge is -2.22. The van der Waals surface area contributed by atoms with Crippen LogP contribution >= 0.6 is 0 Å². The van der Waals surface area contributed by atoms with Crippen LogP contribution in [0.2, 0.25) is 0 Å². The topological polar surface area (TPSA) is 74.3 Å². The normalized spacial score (nSPS) is 25.7. The van der Waals surface area contributed by atoms with Gasteiger partial charge >= 0.3 is 0 Å². The molecule has 1 unspecified atom stereocenters. The molecule has 1 atom stereocenters. The van der Waals surface area contributed by atoms with E-state index in [0.29, 0.717) is 11.1 Å². The molecule has 1 aromatic heterocycles. The minimum atomic E-state index is -1.46. The molecular weight excluding hydrogens is 196 g/mol. The van der Waals surface area contributed by atoms with Gasteiger partial charge in [-0.15, -0.1) is 0 Å². The van der Waals surface area contributed by atoms with Crippen LogP contribution in [0.4, 0.5) is 0 Å². The average molecular weight is 208 g/mol. The standard InChI is InChI=1S/C10H12N2O3/c1-6-8(15-2)9(13)12-10(6,14)7-3-4-11-5-7/h3-5,11,14H,1-2H3,(H,12,13). The van der Waals surface area contributed by atoms with E-state index in [-0.39, 0.29) is 5.76 Å². The van der Waals surface area contributed by atoms with Crippen molar-refractivity contribution in [1.29, 1.82) is 0 Å². The summed E-state index contributed by atoms with van der Waals surface area (Å²) < 4.78 is 4.93. The van der Waals surface area contributed by atoms with Crippen LogP contribution < -0.4 is 5.32 Å². The van der Waals surface area contributed by atoms with Gasteiger partial charge in [0.2, 0.25) is 0 Å². The predicted molar refractivity (Wildman–Crippen MR) is 52.5 cm³/mol. The SMILES string of the molecule is COC1=C(C)C(O)(c2cc[nH]c2)NC1=O. The number of hydrogen-bond acceptors (Lipinski definition) is 3. The first-order valence-electron chi connectivity index (χ1n) is 4.53. The van der Waals surface area contributed by atoms with E-state index in [1.165, 1.54) is 7.11 Å². The Balaban J connectivity index is 2.49. The van der Waals surface area contributed by atoms with Gasteiger partial charge in [0, 0.05) is 23.5 Å². The summed E-state index contributed by atoms with van der Waals surface area (Å²) in [5, 5.41) is 12.8. The minimum absolute atomic E-state index is 0.165. The molecule has 2 heterocycles. The van der Waals surface area contributed by atoms with E-state index in [1.807, 2.05) is 0 Å². The molecule has 80 valence electrons. The number of aliphatic hydroxyl groups is 1. The zero-order valence-corrected chi connectivity index (χ0v) is 8.50. The van der Waals surface area contributed by atoms with Crippen LogP contribution in [-0.4, -0.2) is 23.1 Å². The molecule has 2 rings (SSSR count). The van der Waals surface area contributed by atoms with Crippen molar-refractivity contribution in [1.82, 2.24) is 10.3 Å². The van der Waals surface area contributed by atoms with Crippen LogP contribution in [0.5, 0.6) is 0 Å². The predicted octanol–water partition coefficient (Wildman–Crippen LogP) is 0.210. The first-order chi connectivity index (χ1) is 7.09. The van der Waals surface area contributed by atoms with Gasteiger partial charge in [0.1, 0.15) is 0 Å². The lowest BCUT2D eigenvalue weighted by atomic mass is 10.0. The second kappa shape index (κ2) is 3.13. The van der Waals surface area contributed by atoms with Crippen LogP contribution in [0, 0.1) is 0 Å². The Hall–Kier alpha value is -1.75. The number of H-pyrrole nitrogens is 1. The zero-order chi connectivity index (χ0) is 11.1. The van der Waals surface area contributed by atoms with Gasteiger partial charge in [-0.3, -0.25) is 4.79 Å². The van der Waals surface area contributed by atoms with E-state index >= 15 is 0 Å². The third-order valence-corrected chi connectivity index (χ3v) is 2.60. The molecule has 1 aliphatic rings. The highest BCUT2D eigenvalue weighted by atomic mass is 16.5. The van der Waals surface area contributed by atoms with Crippen LogP contribution in [0.1, 0.15) is 12.5 Å². The number of aromatic amines is 1. The molecule has 0 radical (unpaired) electrons. The van der Waals surface area contributed by atoms with Crippen molar-refractivity contribution in [2.45, 2.75) is 12.6 Å². The smallest absolute Gasteiger partial charge is 0.289 e. The molecule has 0 saturated carbocycles. The van der Waals surface area contributed by atoms with E-state index in [9.17, 15) is 9.90 Å². The molecule has 0 aliphatic carbocycles.